The number of carboxylic acid groups (broad SMARTS) is 1. The number of rotatable bonds is 5. The smallest absolute Gasteiger partial charge is 0.445 e. The Hall–Kier alpha value is -2.17. The van der Waals surface area contributed by atoms with Gasteiger partial charge in [0, 0.05) is 19.3 Å². The third-order valence-corrected chi connectivity index (χ3v) is 3.09. The van der Waals surface area contributed by atoms with Gasteiger partial charge in [-0.25, -0.2) is 9.78 Å². The highest BCUT2D eigenvalue weighted by Crippen LogP contribution is 2.32. The minimum absolute atomic E-state index is 0.0518. The molecule has 0 radical (unpaired) electrons. The predicted octanol–water partition coefficient (Wildman–Crippen LogP) is 1.56. The summed E-state index contributed by atoms with van der Waals surface area (Å²) in [6.07, 6.45) is -1.85. The van der Waals surface area contributed by atoms with Gasteiger partial charge < -0.3 is 15.0 Å². The van der Waals surface area contributed by atoms with Gasteiger partial charge in [0.15, 0.2) is 5.69 Å². The van der Waals surface area contributed by atoms with Crippen molar-refractivity contribution in [2.45, 2.75) is 12.7 Å². The van der Waals surface area contributed by atoms with Gasteiger partial charge in [-0.1, -0.05) is 11.3 Å². The van der Waals surface area contributed by atoms with Crippen LogP contribution in [-0.4, -0.2) is 37.4 Å². The number of imidazole rings is 1. The van der Waals surface area contributed by atoms with E-state index in [-0.39, 0.29) is 17.4 Å². The lowest BCUT2D eigenvalue weighted by Gasteiger charge is -2.02. The van der Waals surface area contributed by atoms with Crippen LogP contribution in [-0.2, 0) is 12.7 Å². The van der Waals surface area contributed by atoms with Gasteiger partial charge in [0.05, 0.1) is 6.33 Å². The molecule has 0 fully saturated rings. The summed E-state index contributed by atoms with van der Waals surface area (Å²) in [7, 11) is 0. The van der Waals surface area contributed by atoms with E-state index in [1.54, 1.807) is 0 Å². The topological polar surface area (TPSA) is 92.9 Å². The molecule has 20 heavy (non-hydrogen) atoms. The fourth-order valence-corrected chi connectivity index (χ4v) is 1.93. The van der Waals surface area contributed by atoms with E-state index in [0.717, 1.165) is 0 Å². The molecular formula is C9H8F3N5O2S. The molecule has 7 nitrogen and oxygen atoms in total. The molecule has 11 heteroatoms. The normalized spacial score (nSPS) is 11.6. The summed E-state index contributed by atoms with van der Waals surface area (Å²) in [5.74, 6) is -1.14. The first kappa shape index (κ1) is 14.2. The number of hydrogen-bond acceptors (Lipinski definition) is 6. The second kappa shape index (κ2) is 5.45. The van der Waals surface area contributed by atoms with Crippen molar-refractivity contribution in [3.05, 3.63) is 23.2 Å². The Morgan fingerprint density at radius 3 is 2.75 bits per heavy atom. The lowest BCUT2D eigenvalue weighted by molar-refractivity contribution is -0.138. The Morgan fingerprint density at radius 1 is 1.45 bits per heavy atom. The fourth-order valence-electron chi connectivity index (χ4n) is 1.29. The van der Waals surface area contributed by atoms with E-state index in [9.17, 15) is 18.0 Å². The Balaban J connectivity index is 1.86. The third kappa shape index (κ3) is 3.44. The average molecular weight is 307 g/mol. The van der Waals surface area contributed by atoms with Crippen molar-refractivity contribution < 1.29 is 23.1 Å². The number of carboxylic acids is 1. The van der Waals surface area contributed by atoms with Crippen molar-refractivity contribution in [2.24, 2.45) is 0 Å². The van der Waals surface area contributed by atoms with E-state index >= 15 is 0 Å². The Kier molecular flexibility index (Phi) is 3.88. The largest absolute Gasteiger partial charge is 0.476 e. The van der Waals surface area contributed by atoms with Gasteiger partial charge in [-0.2, -0.15) is 13.2 Å². The molecule has 2 aromatic heterocycles. The van der Waals surface area contributed by atoms with E-state index in [4.69, 9.17) is 5.11 Å². The van der Waals surface area contributed by atoms with Gasteiger partial charge in [-0.15, -0.1) is 10.2 Å². The van der Waals surface area contributed by atoms with Crippen molar-refractivity contribution in [1.82, 2.24) is 19.7 Å². The summed E-state index contributed by atoms with van der Waals surface area (Å²) in [4.78, 5) is 14.2. The molecule has 0 aliphatic carbocycles. The van der Waals surface area contributed by atoms with Crippen molar-refractivity contribution in [3.63, 3.8) is 0 Å². The Labute approximate surface area is 114 Å². The first-order valence-corrected chi connectivity index (χ1v) is 6.07. The lowest BCUT2D eigenvalue weighted by atomic mass is 10.5. The van der Waals surface area contributed by atoms with Gasteiger partial charge in [0.2, 0.25) is 10.1 Å². The monoisotopic (exact) mass is 307 g/mol. The second-order valence-electron chi connectivity index (χ2n) is 3.64. The molecule has 0 aliphatic rings. The van der Waals surface area contributed by atoms with Gasteiger partial charge in [-0.05, 0) is 0 Å². The number of nitrogens with zero attached hydrogens (tertiary/aromatic N) is 4. The number of aromatic nitrogens is 4. The molecule has 0 amide bonds. The number of aromatic carboxylic acids is 1. The molecule has 2 N–H and O–H groups in total. The highest BCUT2D eigenvalue weighted by molar-refractivity contribution is 7.15. The molecule has 0 aliphatic heterocycles. The molecule has 0 bridgehead atoms. The number of carbonyl (C=O) groups is 1. The van der Waals surface area contributed by atoms with Gasteiger partial charge >= 0.3 is 12.1 Å². The van der Waals surface area contributed by atoms with Crippen LogP contribution in [0.25, 0.3) is 0 Å². The SMILES string of the molecule is O=C(O)c1cn(CCNc2nnc(C(F)(F)F)s2)cn1. The lowest BCUT2D eigenvalue weighted by Crippen LogP contribution is -2.09. The van der Waals surface area contributed by atoms with Crippen molar-refractivity contribution in [1.29, 1.82) is 0 Å². The van der Waals surface area contributed by atoms with Crippen LogP contribution in [0.1, 0.15) is 15.5 Å². The molecule has 108 valence electrons. The molecule has 2 aromatic rings. The predicted molar refractivity (Wildman–Crippen MR) is 62.6 cm³/mol. The van der Waals surface area contributed by atoms with E-state index in [1.165, 1.54) is 17.1 Å². The molecule has 0 saturated carbocycles. The summed E-state index contributed by atoms with van der Waals surface area (Å²) < 4.78 is 38.3. The minimum Gasteiger partial charge on any atom is -0.476 e. The van der Waals surface area contributed by atoms with E-state index in [0.29, 0.717) is 17.9 Å². The molecule has 0 unspecified atom stereocenters. The minimum atomic E-state index is -4.50. The molecule has 0 atom stereocenters. The third-order valence-electron chi connectivity index (χ3n) is 2.17. The summed E-state index contributed by atoms with van der Waals surface area (Å²) in [5, 5.41) is 16.8. The van der Waals surface area contributed by atoms with E-state index < -0.39 is 17.2 Å². The maximum Gasteiger partial charge on any atom is 0.445 e. The molecule has 0 saturated heterocycles. The molecule has 0 spiro atoms. The number of hydrogen-bond donors (Lipinski definition) is 2. The zero-order valence-corrected chi connectivity index (χ0v) is 10.6. The number of nitrogens with one attached hydrogen (secondary N) is 1. The van der Waals surface area contributed by atoms with Gasteiger partial charge in [-0.3, -0.25) is 0 Å². The summed E-state index contributed by atoms with van der Waals surface area (Å²) in [5.41, 5.74) is -0.0970. The maximum absolute atomic E-state index is 12.3. The van der Waals surface area contributed by atoms with Crippen LogP contribution >= 0.6 is 11.3 Å². The van der Waals surface area contributed by atoms with Crippen molar-refractivity contribution in [2.75, 3.05) is 11.9 Å². The molecule has 2 rings (SSSR count). The molecule has 0 aromatic carbocycles. The molecule has 2 heterocycles. The maximum atomic E-state index is 12.3. The van der Waals surface area contributed by atoms with Crippen LogP contribution in [0, 0.1) is 0 Å². The zero-order chi connectivity index (χ0) is 14.8. The first-order chi connectivity index (χ1) is 9.36. The van der Waals surface area contributed by atoms with Crippen LogP contribution in [0.5, 0.6) is 0 Å². The van der Waals surface area contributed by atoms with Crippen molar-refractivity contribution >= 4 is 22.4 Å². The van der Waals surface area contributed by atoms with Crippen LogP contribution < -0.4 is 5.32 Å². The highest BCUT2D eigenvalue weighted by atomic mass is 32.1. The quantitative estimate of drug-likeness (QED) is 0.871. The van der Waals surface area contributed by atoms with E-state index in [2.05, 4.69) is 20.5 Å². The molecular weight excluding hydrogens is 299 g/mol. The number of anilines is 1. The first-order valence-electron chi connectivity index (χ1n) is 5.26. The summed E-state index contributed by atoms with van der Waals surface area (Å²) in [6, 6.07) is 0. The van der Waals surface area contributed by atoms with Gasteiger partial charge in [0.25, 0.3) is 0 Å². The fraction of sp³-hybridized carbons (Fsp3) is 0.333. The van der Waals surface area contributed by atoms with Crippen LogP contribution in [0.2, 0.25) is 0 Å². The van der Waals surface area contributed by atoms with Crippen molar-refractivity contribution in [3.8, 4) is 0 Å². The van der Waals surface area contributed by atoms with Crippen LogP contribution in [0.3, 0.4) is 0 Å². The van der Waals surface area contributed by atoms with E-state index in [1.807, 2.05) is 0 Å². The Bertz CT molecular complexity index is 609. The average Bonchev–Trinajstić information content (AvgIpc) is 2.96. The van der Waals surface area contributed by atoms with Gasteiger partial charge in [0.1, 0.15) is 0 Å². The number of halogens is 3. The summed E-state index contributed by atoms with van der Waals surface area (Å²) >= 11 is 0.408. The second-order valence-corrected chi connectivity index (χ2v) is 4.62. The van der Waals surface area contributed by atoms with Crippen LogP contribution in [0.4, 0.5) is 18.3 Å². The zero-order valence-electron chi connectivity index (χ0n) is 9.76. The Morgan fingerprint density at radius 2 is 2.20 bits per heavy atom. The van der Waals surface area contributed by atoms with Crippen LogP contribution in [0.15, 0.2) is 12.5 Å². The summed E-state index contributed by atoms with van der Waals surface area (Å²) in [6.45, 7) is 0.600. The number of alkyl halides is 3. The highest BCUT2D eigenvalue weighted by Gasteiger charge is 2.35. The standard InChI is InChI=1S/C9H8F3N5O2S/c10-9(11,12)7-15-16-8(20-7)13-1-2-17-3-5(6(18)19)14-4-17/h3-4H,1-2H2,(H,13,16)(H,18,19).